The molecule has 1 heterocycles. The molecule has 0 bridgehead atoms. The number of ether oxygens (including phenoxy) is 1. The maximum atomic E-state index is 12.4. The summed E-state index contributed by atoms with van der Waals surface area (Å²) in [5.74, 6) is 0.484. The summed E-state index contributed by atoms with van der Waals surface area (Å²) in [6, 6.07) is 17.7. The molecule has 6 nitrogen and oxygen atoms in total. The van der Waals surface area contributed by atoms with E-state index >= 15 is 0 Å². The molecule has 0 aromatic heterocycles. The molecule has 3 rings (SSSR count). The molecule has 0 atom stereocenters. The Bertz CT molecular complexity index is 846. The van der Waals surface area contributed by atoms with Gasteiger partial charge in [0.1, 0.15) is 6.61 Å². The normalized spacial score (nSPS) is 15.5. The number of nitrogens with one attached hydrogen (secondary N) is 2. The Balaban J connectivity index is 1.47. The van der Waals surface area contributed by atoms with E-state index < -0.39 is 0 Å². The summed E-state index contributed by atoms with van der Waals surface area (Å²) in [6.07, 6.45) is 3.47. The van der Waals surface area contributed by atoms with Crippen molar-refractivity contribution in [3.05, 3.63) is 71.3 Å². The lowest BCUT2D eigenvalue weighted by molar-refractivity contribution is 0.0472. The van der Waals surface area contributed by atoms with Gasteiger partial charge in [0.15, 0.2) is 5.96 Å². The van der Waals surface area contributed by atoms with Crippen LogP contribution >= 0.6 is 0 Å². The van der Waals surface area contributed by atoms with Gasteiger partial charge in [-0.15, -0.1) is 0 Å². The zero-order valence-electron chi connectivity index (χ0n) is 18.6. The first-order valence-electron chi connectivity index (χ1n) is 11.2. The van der Waals surface area contributed by atoms with E-state index in [2.05, 4.69) is 27.4 Å². The van der Waals surface area contributed by atoms with Crippen LogP contribution in [-0.2, 0) is 17.9 Å². The van der Waals surface area contributed by atoms with E-state index in [0.717, 1.165) is 43.0 Å². The minimum atomic E-state index is -0.313. The highest BCUT2D eigenvalue weighted by Gasteiger charge is 2.19. The Morgan fingerprint density at radius 1 is 1.10 bits per heavy atom. The average Bonchev–Trinajstić information content (AvgIpc) is 2.82. The molecule has 6 heteroatoms. The summed E-state index contributed by atoms with van der Waals surface area (Å²) in [4.78, 5) is 19.3. The van der Waals surface area contributed by atoms with Crippen molar-refractivity contribution in [2.75, 3.05) is 26.7 Å². The summed E-state index contributed by atoms with van der Waals surface area (Å²) in [5, 5.41) is 6.90. The number of carbonyl (C=O) groups is 1. The lowest BCUT2D eigenvalue weighted by Crippen LogP contribution is -2.48. The fourth-order valence-corrected chi connectivity index (χ4v) is 3.81. The number of benzene rings is 2. The summed E-state index contributed by atoms with van der Waals surface area (Å²) < 4.78 is 5.44. The van der Waals surface area contributed by atoms with Gasteiger partial charge in [-0.25, -0.2) is 4.79 Å². The average molecular weight is 423 g/mol. The minimum Gasteiger partial charge on any atom is -0.457 e. The number of hydrogen-bond donors (Lipinski definition) is 2. The Hall–Kier alpha value is -2.86. The number of carbonyl (C=O) groups excluding carboxylic acids is 1. The Labute approximate surface area is 185 Å². The topological polar surface area (TPSA) is 66.0 Å². The van der Waals surface area contributed by atoms with E-state index in [4.69, 9.17) is 4.74 Å². The van der Waals surface area contributed by atoms with Crippen molar-refractivity contribution in [1.29, 1.82) is 0 Å². The first-order chi connectivity index (χ1) is 15.2. The van der Waals surface area contributed by atoms with Gasteiger partial charge in [0.2, 0.25) is 0 Å². The van der Waals surface area contributed by atoms with Crippen molar-refractivity contribution in [2.24, 2.45) is 4.99 Å². The van der Waals surface area contributed by atoms with E-state index in [9.17, 15) is 4.79 Å². The van der Waals surface area contributed by atoms with E-state index in [1.54, 1.807) is 13.1 Å². The molecule has 1 aliphatic rings. The highest BCUT2D eigenvalue weighted by molar-refractivity contribution is 5.89. The Kier molecular flexibility index (Phi) is 8.91. The van der Waals surface area contributed by atoms with E-state index in [0.29, 0.717) is 18.2 Å². The van der Waals surface area contributed by atoms with Crippen LogP contribution in [0.1, 0.15) is 47.7 Å². The zero-order valence-corrected chi connectivity index (χ0v) is 18.6. The van der Waals surface area contributed by atoms with Gasteiger partial charge < -0.3 is 20.3 Å². The third-order valence-corrected chi connectivity index (χ3v) is 5.53. The molecule has 1 saturated heterocycles. The van der Waals surface area contributed by atoms with Gasteiger partial charge in [0.05, 0.1) is 5.56 Å². The highest BCUT2D eigenvalue weighted by atomic mass is 16.5. The SMILES string of the molecule is CCCN1CCC(NC(=NC)NCc2cccc(C(=O)OCc3ccccc3)c2)CC1. The predicted molar refractivity (Wildman–Crippen MR) is 125 cm³/mol. The first kappa shape index (κ1) is 22.8. The standard InChI is InChI=1S/C25H34N4O2/c1-3-14-29-15-12-23(13-16-29)28-25(26-2)27-18-21-10-7-11-22(17-21)24(30)31-19-20-8-5-4-6-9-20/h4-11,17,23H,3,12-16,18-19H2,1-2H3,(H2,26,27,28). The second kappa shape index (κ2) is 12.1. The first-order valence-corrected chi connectivity index (χ1v) is 11.2. The number of piperidine rings is 1. The van der Waals surface area contributed by atoms with Gasteiger partial charge >= 0.3 is 5.97 Å². The molecule has 0 radical (unpaired) electrons. The van der Waals surface area contributed by atoms with Gasteiger partial charge in [0, 0.05) is 32.7 Å². The summed E-state index contributed by atoms with van der Waals surface area (Å²) in [5.41, 5.74) is 2.54. The number of hydrogen-bond acceptors (Lipinski definition) is 4. The van der Waals surface area contributed by atoms with Gasteiger partial charge in [-0.2, -0.15) is 0 Å². The lowest BCUT2D eigenvalue weighted by atomic mass is 10.1. The fourth-order valence-electron chi connectivity index (χ4n) is 3.81. The molecule has 0 aliphatic carbocycles. The predicted octanol–water partition coefficient (Wildman–Crippen LogP) is 3.58. The van der Waals surface area contributed by atoms with Crippen LogP contribution in [0.25, 0.3) is 0 Å². The molecule has 2 aromatic rings. The number of aliphatic imine (C=N–C) groups is 1. The molecular weight excluding hydrogens is 388 g/mol. The van der Waals surface area contributed by atoms with Crippen LogP contribution in [0.2, 0.25) is 0 Å². The molecule has 31 heavy (non-hydrogen) atoms. The maximum absolute atomic E-state index is 12.4. The lowest BCUT2D eigenvalue weighted by Gasteiger charge is -2.32. The van der Waals surface area contributed by atoms with Gasteiger partial charge in [-0.1, -0.05) is 49.4 Å². The minimum absolute atomic E-state index is 0.274. The van der Waals surface area contributed by atoms with Crippen molar-refractivity contribution < 1.29 is 9.53 Å². The van der Waals surface area contributed by atoms with Crippen LogP contribution in [0.5, 0.6) is 0 Å². The second-order valence-corrected chi connectivity index (χ2v) is 7.95. The van der Waals surface area contributed by atoms with Crippen molar-refractivity contribution in [2.45, 2.75) is 45.4 Å². The van der Waals surface area contributed by atoms with Crippen LogP contribution in [0.4, 0.5) is 0 Å². The molecule has 1 fully saturated rings. The molecule has 2 N–H and O–H groups in total. The van der Waals surface area contributed by atoms with Crippen molar-refractivity contribution >= 4 is 11.9 Å². The molecule has 0 unspecified atom stereocenters. The van der Waals surface area contributed by atoms with Crippen LogP contribution in [0.15, 0.2) is 59.6 Å². The summed E-state index contributed by atoms with van der Waals surface area (Å²) in [7, 11) is 1.79. The maximum Gasteiger partial charge on any atom is 0.338 e. The Morgan fingerprint density at radius 2 is 1.84 bits per heavy atom. The quantitative estimate of drug-likeness (QED) is 0.387. The molecule has 0 amide bonds. The van der Waals surface area contributed by atoms with Gasteiger partial charge in [-0.05, 0) is 49.1 Å². The van der Waals surface area contributed by atoms with E-state index in [-0.39, 0.29) is 12.6 Å². The summed E-state index contributed by atoms with van der Waals surface area (Å²) >= 11 is 0. The van der Waals surface area contributed by atoms with E-state index in [1.807, 2.05) is 48.5 Å². The molecule has 0 spiro atoms. The van der Waals surface area contributed by atoms with Crippen LogP contribution in [0, 0.1) is 0 Å². The van der Waals surface area contributed by atoms with E-state index in [1.165, 1.54) is 13.0 Å². The van der Waals surface area contributed by atoms with Crippen LogP contribution < -0.4 is 10.6 Å². The number of nitrogens with zero attached hydrogens (tertiary/aromatic N) is 2. The Morgan fingerprint density at radius 3 is 2.55 bits per heavy atom. The van der Waals surface area contributed by atoms with Crippen molar-refractivity contribution in [1.82, 2.24) is 15.5 Å². The molecule has 0 saturated carbocycles. The number of rotatable bonds is 8. The van der Waals surface area contributed by atoms with Gasteiger partial charge in [0.25, 0.3) is 0 Å². The molecule has 2 aromatic carbocycles. The number of likely N-dealkylation sites (tertiary alicyclic amines) is 1. The number of esters is 1. The third-order valence-electron chi connectivity index (χ3n) is 5.53. The molecule has 1 aliphatic heterocycles. The van der Waals surface area contributed by atoms with Gasteiger partial charge in [-0.3, -0.25) is 4.99 Å². The van der Waals surface area contributed by atoms with Crippen LogP contribution in [0.3, 0.4) is 0 Å². The third kappa shape index (κ3) is 7.40. The van der Waals surface area contributed by atoms with Crippen molar-refractivity contribution in [3.63, 3.8) is 0 Å². The second-order valence-electron chi connectivity index (χ2n) is 7.95. The largest absolute Gasteiger partial charge is 0.457 e. The summed E-state index contributed by atoms with van der Waals surface area (Å²) in [6.45, 7) is 6.55. The molecular formula is C25H34N4O2. The fraction of sp³-hybridized carbons (Fsp3) is 0.440. The molecule has 166 valence electrons. The number of guanidine groups is 1. The smallest absolute Gasteiger partial charge is 0.338 e. The van der Waals surface area contributed by atoms with Crippen molar-refractivity contribution in [3.8, 4) is 0 Å². The highest BCUT2D eigenvalue weighted by Crippen LogP contribution is 2.11. The zero-order chi connectivity index (χ0) is 21.9. The monoisotopic (exact) mass is 422 g/mol. The van der Waals surface area contributed by atoms with Crippen LogP contribution in [-0.4, -0.2) is 49.6 Å².